The van der Waals surface area contributed by atoms with Crippen molar-refractivity contribution < 1.29 is 8.42 Å². The Morgan fingerprint density at radius 1 is 1.20 bits per heavy atom. The molecule has 106 valence electrons. The first-order valence-corrected chi connectivity index (χ1v) is 8.38. The van der Waals surface area contributed by atoms with Gasteiger partial charge in [-0.25, -0.2) is 13.6 Å². The van der Waals surface area contributed by atoms with Crippen LogP contribution in [0.2, 0.25) is 5.02 Å². The molecule has 0 aliphatic rings. The van der Waals surface area contributed by atoms with Crippen LogP contribution in [0, 0.1) is 0 Å². The minimum atomic E-state index is -3.69. The van der Waals surface area contributed by atoms with Crippen LogP contribution in [0.4, 0.5) is 5.69 Å². The molecule has 0 saturated carbocycles. The number of hydrogen-bond donors (Lipinski definition) is 2. The van der Waals surface area contributed by atoms with Gasteiger partial charge in [0.1, 0.15) is 0 Å². The number of hydrogen-bond acceptors (Lipinski definition) is 3. The highest BCUT2D eigenvalue weighted by Gasteiger charge is 2.08. The Labute approximate surface area is 131 Å². The largest absolute Gasteiger partial charge is 0.381 e. The van der Waals surface area contributed by atoms with Gasteiger partial charge in [0.15, 0.2) is 0 Å². The highest BCUT2D eigenvalue weighted by Crippen LogP contribution is 2.22. The predicted molar refractivity (Wildman–Crippen MR) is 84.3 cm³/mol. The lowest BCUT2D eigenvalue weighted by atomic mass is 10.2. The average molecular weight is 376 g/mol. The van der Waals surface area contributed by atoms with E-state index in [1.807, 2.05) is 12.1 Å². The van der Waals surface area contributed by atoms with Crippen molar-refractivity contribution in [2.24, 2.45) is 5.14 Å². The fourth-order valence-corrected chi connectivity index (χ4v) is 2.95. The lowest BCUT2D eigenvalue weighted by molar-refractivity contribution is 0.598. The van der Waals surface area contributed by atoms with Crippen LogP contribution >= 0.6 is 27.5 Å². The monoisotopic (exact) mass is 374 g/mol. The number of rotatable bonds is 4. The second-order valence-electron chi connectivity index (χ2n) is 4.16. The molecule has 20 heavy (non-hydrogen) atoms. The van der Waals surface area contributed by atoms with Crippen LogP contribution in [-0.4, -0.2) is 8.42 Å². The second-order valence-corrected chi connectivity index (χ2v) is 7.05. The van der Waals surface area contributed by atoms with E-state index in [1.54, 1.807) is 18.2 Å². The minimum Gasteiger partial charge on any atom is -0.381 e. The third kappa shape index (κ3) is 3.96. The molecule has 0 aromatic heterocycles. The van der Waals surface area contributed by atoms with Crippen LogP contribution in [0.3, 0.4) is 0 Å². The number of nitrogens with one attached hydrogen (secondary N) is 1. The second kappa shape index (κ2) is 6.13. The van der Waals surface area contributed by atoms with Crippen molar-refractivity contribution in [1.82, 2.24) is 0 Å². The van der Waals surface area contributed by atoms with Crippen LogP contribution in [0.5, 0.6) is 0 Å². The molecular weight excluding hydrogens is 364 g/mol. The van der Waals surface area contributed by atoms with Crippen molar-refractivity contribution in [3.8, 4) is 0 Å². The van der Waals surface area contributed by atoms with Gasteiger partial charge in [-0.3, -0.25) is 0 Å². The highest BCUT2D eigenvalue weighted by atomic mass is 79.9. The van der Waals surface area contributed by atoms with Crippen molar-refractivity contribution in [2.75, 3.05) is 5.32 Å². The number of nitrogens with two attached hydrogens (primary N) is 1. The molecule has 0 heterocycles. The summed E-state index contributed by atoms with van der Waals surface area (Å²) in [6.45, 7) is 0.486. The fraction of sp³-hybridized carbons (Fsp3) is 0.0769. The lowest BCUT2D eigenvalue weighted by Crippen LogP contribution is -2.12. The van der Waals surface area contributed by atoms with E-state index in [9.17, 15) is 8.42 Å². The van der Waals surface area contributed by atoms with E-state index in [4.69, 9.17) is 16.7 Å². The number of primary sulfonamides is 1. The zero-order valence-corrected chi connectivity index (χ0v) is 13.5. The first-order valence-electron chi connectivity index (χ1n) is 5.67. The van der Waals surface area contributed by atoms with Crippen molar-refractivity contribution in [2.45, 2.75) is 11.4 Å². The Bertz CT molecular complexity index is 735. The van der Waals surface area contributed by atoms with Gasteiger partial charge in [-0.15, -0.1) is 0 Å². The number of anilines is 1. The van der Waals surface area contributed by atoms with E-state index in [-0.39, 0.29) is 4.90 Å². The van der Waals surface area contributed by atoms with E-state index >= 15 is 0 Å². The number of benzene rings is 2. The van der Waals surface area contributed by atoms with Crippen LogP contribution in [0.1, 0.15) is 5.56 Å². The maximum Gasteiger partial charge on any atom is 0.238 e. The van der Waals surface area contributed by atoms with Crippen molar-refractivity contribution >= 4 is 43.2 Å². The normalized spacial score (nSPS) is 11.3. The van der Waals surface area contributed by atoms with Gasteiger partial charge < -0.3 is 5.32 Å². The van der Waals surface area contributed by atoms with Gasteiger partial charge in [0.25, 0.3) is 0 Å². The summed E-state index contributed by atoms with van der Waals surface area (Å²) in [6.07, 6.45) is 0. The summed E-state index contributed by atoms with van der Waals surface area (Å²) in [5.41, 5.74) is 1.58. The molecule has 0 amide bonds. The van der Waals surface area contributed by atoms with Gasteiger partial charge in [-0.05, 0) is 35.9 Å². The molecule has 3 N–H and O–H groups in total. The van der Waals surface area contributed by atoms with Gasteiger partial charge in [-0.1, -0.05) is 39.7 Å². The summed E-state index contributed by atoms with van der Waals surface area (Å²) in [5, 5.41) is 8.84. The fourth-order valence-electron chi connectivity index (χ4n) is 1.65. The summed E-state index contributed by atoms with van der Waals surface area (Å²) < 4.78 is 23.5. The third-order valence-corrected chi connectivity index (χ3v) is 4.42. The molecule has 0 aliphatic carbocycles. The number of halogens is 2. The van der Waals surface area contributed by atoms with Crippen LogP contribution < -0.4 is 10.5 Å². The summed E-state index contributed by atoms with van der Waals surface area (Å²) in [6, 6.07) is 11.9. The molecule has 0 saturated heterocycles. The van der Waals surface area contributed by atoms with Gasteiger partial charge in [0.05, 0.1) is 4.90 Å². The van der Waals surface area contributed by atoms with E-state index in [0.717, 1.165) is 10.0 Å². The molecule has 0 unspecified atom stereocenters. The smallest absolute Gasteiger partial charge is 0.238 e. The Morgan fingerprint density at radius 3 is 2.60 bits per heavy atom. The Hall–Kier alpha value is -1.08. The molecule has 2 rings (SSSR count). The molecule has 0 spiro atoms. The standard InChI is InChI=1S/C13H12BrClN2O2S/c14-10-5-4-9(13(15)6-10)8-17-11-2-1-3-12(7-11)20(16,18)19/h1-7,17H,8H2,(H2,16,18,19). The molecule has 7 heteroatoms. The van der Waals surface area contributed by atoms with Gasteiger partial charge in [0, 0.05) is 21.7 Å². The zero-order valence-electron chi connectivity index (χ0n) is 10.3. The number of sulfonamides is 1. The Kier molecular flexibility index (Phi) is 4.70. The van der Waals surface area contributed by atoms with Crippen LogP contribution in [-0.2, 0) is 16.6 Å². The van der Waals surface area contributed by atoms with Gasteiger partial charge in [-0.2, -0.15) is 0 Å². The molecule has 2 aromatic carbocycles. The maximum atomic E-state index is 11.3. The average Bonchev–Trinajstić information content (AvgIpc) is 2.37. The van der Waals surface area contributed by atoms with Gasteiger partial charge >= 0.3 is 0 Å². The maximum absolute atomic E-state index is 11.3. The zero-order chi connectivity index (χ0) is 14.8. The van der Waals surface area contributed by atoms with E-state index in [1.165, 1.54) is 12.1 Å². The molecule has 0 radical (unpaired) electrons. The first-order chi connectivity index (χ1) is 9.36. The molecule has 4 nitrogen and oxygen atoms in total. The summed E-state index contributed by atoms with van der Waals surface area (Å²) in [4.78, 5) is 0.0735. The summed E-state index contributed by atoms with van der Waals surface area (Å²) >= 11 is 9.45. The minimum absolute atomic E-state index is 0.0735. The molecule has 0 fully saturated rings. The van der Waals surface area contributed by atoms with Crippen LogP contribution in [0.15, 0.2) is 51.8 Å². The lowest BCUT2D eigenvalue weighted by Gasteiger charge is -2.09. The van der Waals surface area contributed by atoms with Crippen molar-refractivity contribution in [3.05, 3.63) is 57.5 Å². The Balaban J connectivity index is 2.15. The topological polar surface area (TPSA) is 72.2 Å². The summed E-state index contributed by atoms with van der Waals surface area (Å²) in [7, 11) is -3.69. The van der Waals surface area contributed by atoms with Crippen molar-refractivity contribution in [1.29, 1.82) is 0 Å². The van der Waals surface area contributed by atoms with E-state index in [0.29, 0.717) is 17.3 Å². The first kappa shape index (κ1) is 15.3. The molecule has 0 atom stereocenters. The highest BCUT2D eigenvalue weighted by molar-refractivity contribution is 9.10. The molecule has 0 bridgehead atoms. The van der Waals surface area contributed by atoms with E-state index < -0.39 is 10.0 Å². The van der Waals surface area contributed by atoms with Crippen LogP contribution in [0.25, 0.3) is 0 Å². The SMILES string of the molecule is NS(=O)(=O)c1cccc(NCc2ccc(Br)cc2Cl)c1. The molecule has 0 aliphatic heterocycles. The third-order valence-electron chi connectivity index (χ3n) is 2.66. The summed E-state index contributed by atoms with van der Waals surface area (Å²) in [5.74, 6) is 0. The predicted octanol–water partition coefficient (Wildman–Crippen LogP) is 3.36. The Morgan fingerprint density at radius 2 is 1.95 bits per heavy atom. The van der Waals surface area contributed by atoms with Crippen molar-refractivity contribution in [3.63, 3.8) is 0 Å². The van der Waals surface area contributed by atoms with E-state index in [2.05, 4.69) is 21.2 Å². The quantitative estimate of drug-likeness (QED) is 0.860. The van der Waals surface area contributed by atoms with Gasteiger partial charge in [0.2, 0.25) is 10.0 Å². The molecular formula is C13H12BrClN2O2S. The molecule has 2 aromatic rings.